The van der Waals surface area contributed by atoms with E-state index in [1.165, 1.54) is 32.4 Å². The fourth-order valence-corrected chi connectivity index (χ4v) is 3.43. The Kier molecular flexibility index (Phi) is 7.55. The first-order valence-electron chi connectivity index (χ1n) is 10.00. The summed E-state index contributed by atoms with van der Waals surface area (Å²) >= 11 is 0. The maximum Gasteiger partial charge on any atom is 0.337 e. The molecule has 1 aliphatic rings. The van der Waals surface area contributed by atoms with Gasteiger partial charge in [0, 0.05) is 44.6 Å². The molecular formula is C22H26N4O5. The third kappa shape index (κ3) is 6.02. The Bertz CT molecular complexity index is 901. The van der Waals surface area contributed by atoms with Crippen LogP contribution in [0.1, 0.15) is 32.8 Å². The lowest BCUT2D eigenvalue weighted by Gasteiger charge is -2.22. The van der Waals surface area contributed by atoms with Crippen molar-refractivity contribution in [1.29, 1.82) is 0 Å². The van der Waals surface area contributed by atoms with Crippen LogP contribution in [0.5, 0.6) is 0 Å². The van der Waals surface area contributed by atoms with Crippen molar-refractivity contribution < 1.29 is 23.9 Å². The second-order valence-electron chi connectivity index (χ2n) is 7.15. The maximum atomic E-state index is 12.8. The molecule has 1 N–H and O–H groups in total. The van der Waals surface area contributed by atoms with Gasteiger partial charge < -0.3 is 19.7 Å². The van der Waals surface area contributed by atoms with Crippen molar-refractivity contribution in [3.8, 4) is 0 Å². The van der Waals surface area contributed by atoms with Crippen LogP contribution in [0, 0.1) is 0 Å². The minimum absolute atomic E-state index is 0.151. The van der Waals surface area contributed by atoms with Crippen LogP contribution in [0.25, 0.3) is 0 Å². The van der Waals surface area contributed by atoms with E-state index in [2.05, 4.69) is 15.2 Å². The van der Waals surface area contributed by atoms with Crippen LogP contribution in [0.15, 0.2) is 42.6 Å². The maximum absolute atomic E-state index is 12.8. The van der Waals surface area contributed by atoms with Crippen LogP contribution in [0.3, 0.4) is 0 Å². The Labute approximate surface area is 180 Å². The van der Waals surface area contributed by atoms with Gasteiger partial charge in [-0.2, -0.15) is 0 Å². The van der Waals surface area contributed by atoms with Crippen molar-refractivity contribution in [1.82, 2.24) is 14.8 Å². The van der Waals surface area contributed by atoms with Gasteiger partial charge in [0.05, 0.1) is 31.0 Å². The van der Waals surface area contributed by atoms with Gasteiger partial charge in [-0.15, -0.1) is 0 Å². The van der Waals surface area contributed by atoms with E-state index < -0.39 is 11.9 Å². The summed E-state index contributed by atoms with van der Waals surface area (Å²) in [5, 5.41) is 2.78. The number of carbonyl (C=O) groups excluding carboxylic acids is 3. The molecule has 9 nitrogen and oxygen atoms in total. The highest BCUT2D eigenvalue weighted by Gasteiger charge is 2.21. The van der Waals surface area contributed by atoms with Crippen LogP contribution in [0.4, 0.5) is 10.5 Å². The van der Waals surface area contributed by atoms with E-state index in [0.717, 1.165) is 31.7 Å². The number of anilines is 1. The second-order valence-corrected chi connectivity index (χ2v) is 7.15. The number of hydrogen-bond acceptors (Lipinski definition) is 7. The fourth-order valence-electron chi connectivity index (χ4n) is 3.43. The van der Waals surface area contributed by atoms with Gasteiger partial charge in [0.1, 0.15) is 0 Å². The molecule has 0 bridgehead atoms. The van der Waals surface area contributed by atoms with E-state index in [4.69, 9.17) is 9.47 Å². The number of rotatable bonds is 5. The molecule has 1 saturated heterocycles. The number of nitrogens with one attached hydrogen (secondary N) is 1. The summed E-state index contributed by atoms with van der Waals surface area (Å²) in [4.78, 5) is 45.1. The second kappa shape index (κ2) is 10.5. The van der Waals surface area contributed by atoms with Gasteiger partial charge >= 0.3 is 18.0 Å². The van der Waals surface area contributed by atoms with Crippen molar-refractivity contribution in [2.45, 2.75) is 13.0 Å². The lowest BCUT2D eigenvalue weighted by Crippen LogP contribution is -2.38. The lowest BCUT2D eigenvalue weighted by atomic mass is 10.1. The molecule has 0 unspecified atom stereocenters. The number of pyridine rings is 1. The summed E-state index contributed by atoms with van der Waals surface area (Å²) in [5.41, 5.74) is 1.62. The Morgan fingerprint density at radius 2 is 1.68 bits per heavy atom. The molecule has 2 aromatic rings. The van der Waals surface area contributed by atoms with Crippen molar-refractivity contribution in [3.05, 3.63) is 59.4 Å². The number of ether oxygens (including phenoxy) is 2. The Balaban J connectivity index is 1.66. The van der Waals surface area contributed by atoms with Gasteiger partial charge in [0.15, 0.2) is 0 Å². The van der Waals surface area contributed by atoms with Crippen molar-refractivity contribution in [2.24, 2.45) is 0 Å². The molecule has 0 spiro atoms. The number of hydrogen-bond donors (Lipinski definition) is 1. The van der Waals surface area contributed by atoms with Gasteiger partial charge in [-0.25, -0.2) is 14.4 Å². The van der Waals surface area contributed by atoms with Gasteiger partial charge in [0.2, 0.25) is 0 Å². The summed E-state index contributed by atoms with van der Waals surface area (Å²) in [7, 11) is 2.50. The third-order valence-corrected chi connectivity index (χ3v) is 5.01. The average Bonchev–Trinajstić information content (AvgIpc) is 3.04. The molecule has 0 atom stereocenters. The number of aromatic nitrogens is 1. The topological polar surface area (TPSA) is 101 Å². The first kappa shape index (κ1) is 22.2. The monoisotopic (exact) mass is 426 g/mol. The highest BCUT2D eigenvalue weighted by Crippen LogP contribution is 2.18. The fraction of sp³-hybridized carbons (Fsp3) is 0.364. The molecule has 9 heteroatoms. The third-order valence-electron chi connectivity index (χ3n) is 5.01. The SMILES string of the molecule is COC(=O)c1cc(NC(=O)N2CCCN(Cc3ccccn3)CC2)cc(C(=O)OC)c1. The molecule has 164 valence electrons. The molecule has 1 aromatic carbocycles. The van der Waals surface area contributed by atoms with E-state index in [9.17, 15) is 14.4 Å². The summed E-state index contributed by atoms with van der Waals surface area (Å²) in [6.07, 6.45) is 2.60. The Morgan fingerprint density at radius 3 is 2.29 bits per heavy atom. The molecule has 31 heavy (non-hydrogen) atoms. The van der Waals surface area contributed by atoms with Crippen LogP contribution < -0.4 is 5.32 Å². The smallest absolute Gasteiger partial charge is 0.337 e. The van der Waals surface area contributed by atoms with Gasteiger partial charge in [-0.05, 0) is 36.8 Å². The van der Waals surface area contributed by atoms with Crippen molar-refractivity contribution in [2.75, 3.05) is 45.7 Å². The van der Waals surface area contributed by atoms with E-state index in [-0.39, 0.29) is 17.2 Å². The molecule has 1 aliphatic heterocycles. The molecule has 3 rings (SSSR count). The Hall–Kier alpha value is -3.46. The first-order valence-corrected chi connectivity index (χ1v) is 10.00. The zero-order chi connectivity index (χ0) is 22.2. The van der Waals surface area contributed by atoms with Crippen LogP contribution >= 0.6 is 0 Å². The summed E-state index contributed by atoms with van der Waals surface area (Å²) in [5.74, 6) is -1.22. The normalized spacial score (nSPS) is 14.5. The first-order chi connectivity index (χ1) is 15.0. The minimum atomic E-state index is -0.610. The zero-order valence-corrected chi connectivity index (χ0v) is 17.7. The number of nitrogens with zero attached hydrogens (tertiary/aromatic N) is 3. The quantitative estimate of drug-likeness (QED) is 0.733. The van der Waals surface area contributed by atoms with Crippen molar-refractivity contribution in [3.63, 3.8) is 0 Å². The molecule has 2 amide bonds. The predicted octanol–water partition coefficient (Wildman–Crippen LogP) is 2.39. The highest BCUT2D eigenvalue weighted by atomic mass is 16.5. The zero-order valence-electron chi connectivity index (χ0n) is 17.7. The van der Waals surface area contributed by atoms with Gasteiger partial charge in [0.25, 0.3) is 0 Å². The summed E-state index contributed by atoms with van der Waals surface area (Å²) in [6, 6.07) is 9.86. The van der Waals surface area contributed by atoms with Gasteiger partial charge in [-0.1, -0.05) is 6.07 Å². The standard InChI is InChI=1S/C22H26N4O5/c1-30-20(27)16-12-17(21(28)31-2)14-19(13-16)24-22(29)26-9-5-8-25(10-11-26)15-18-6-3-4-7-23-18/h3-4,6-7,12-14H,5,8-11,15H2,1-2H3,(H,24,29). The predicted molar refractivity (Wildman–Crippen MR) is 114 cm³/mol. The van der Waals surface area contributed by atoms with E-state index >= 15 is 0 Å². The Morgan fingerprint density at radius 1 is 0.968 bits per heavy atom. The average molecular weight is 426 g/mol. The van der Waals surface area contributed by atoms with Gasteiger partial charge in [-0.3, -0.25) is 9.88 Å². The van der Waals surface area contributed by atoms with Crippen LogP contribution in [0.2, 0.25) is 0 Å². The number of amides is 2. The molecule has 1 fully saturated rings. The number of carbonyl (C=O) groups is 3. The molecule has 1 aromatic heterocycles. The lowest BCUT2D eigenvalue weighted by molar-refractivity contribution is 0.0599. The number of urea groups is 1. The molecular weight excluding hydrogens is 400 g/mol. The molecule has 0 aliphatic carbocycles. The number of esters is 2. The largest absolute Gasteiger partial charge is 0.465 e. The summed E-state index contributed by atoms with van der Waals surface area (Å²) < 4.78 is 9.47. The van der Waals surface area contributed by atoms with Crippen LogP contribution in [-0.4, -0.2) is 73.2 Å². The van der Waals surface area contributed by atoms with E-state index in [1.807, 2.05) is 18.2 Å². The van der Waals surface area contributed by atoms with E-state index in [1.54, 1.807) is 11.1 Å². The van der Waals surface area contributed by atoms with Crippen molar-refractivity contribution >= 4 is 23.7 Å². The highest BCUT2D eigenvalue weighted by molar-refractivity contribution is 5.99. The van der Waals surface area contributed by atoms with E-state index in [0.29, 0.717) is 18.8 Å². The number of methoxy groups -OCH3 is 2. The molecule has 0 radical (unpaired) electrons. The molecule has 0 saturated carbocycles. The molecule has 2 heterocycles. The summed E-state index contributed by atoms with van der Waals surface area (Å²) in [6.45, 7) is 3.48. The number of benzene rings is 1. The minimum Gasteiger partial charge on any atom is -0.465 e. The van der Waals surface area contributed by atoms with Crippen LogP contribution in [-0.2, 0) is 16.0 Å².